The van der Waals surface area contributed by atoms with Crippen molar-refractivity contribution in [3.63, 3.8) is 0 Å². The summed E-state index contributed by atoms with van der Waals surface area (Å²) in [6.07, 6.45) is 1.26. The van der Waals surface area contributed by atoms with Crippen LogP contribution in [-0.4, -0.2) is 12.0 Å². The van der Waals surface area contributed by atoms with E-state index in [4.69, 9.17) is 5.73 Å². The molecule has 1 aliphatic rings. The van der Waals surface area contributed by atoms with Gasteiger partial charge in [-0.1, -0.05) is 13.8 Å². The highest BCUT2D eigenvalue weighted by molar-refractivity contribution is 4.90. The van der Waals surface area contributed by atoms with Gasteiger partial charge in [-0.05, 0) is 43.9 Å². The van der Waals surface area contributed by atoms with Crippen molar-refractivity contribution in [3.05, 3.63) is 0 Å². The zero-order valence-corrected chi connectivity index (χ0v) is 9.32. The average Bonchev–Trinajstić information content (AvgIpc) is 2.28. The molecule has 0 aromatic carbocycles. The first-order valence-corrected chi connectivity index (χ1v) is 5.30. The van der Waals surface area contributed by atoms with Gasteiger partial charge in [0.05, 0.1) is 5.54 Å². The quantitative estimate of drug-likeness (QED) is 0.752. The molecule has 0 aromatic rings. The maximum Gasteiger partial charge on any atom is 0.256 e. The number of rotatable bonds is 3. The molecule has 1 rings (SSSR count). The molecule has 14 heavy (non-hydrogen) atoms. The predicted octanol–water partition coefficient (Wildman–Crippen LogP) is 3.19. The largest absolute Gasteiger partial charge is 0.321 e. The summed E-state index contributed by atoms with van der Waals surface area (Å²) in [7, 11) is 0. The van der Waals surface area contributed by atoms with E-state index >= 15 is 0 Å². The molecule has 0 spiro atoms. The summed E-state index contributed by atoms with van der Waals surface area (Å²) in [5, 5.41) is 0. The summed E-state index contributed by atoms with van der Waals surface area (Å²) < 4.78 is 25.1. The summed E-state index contributed by atoms with van der Waals surface area (Å²) >= 11 is 0. The van der Waals surface area contributed by atoms with Gasteiger partial charge in [-0.15, -0.1) is 0 Å². The van der Waals surface area contributed by atoms with Gasteiger partial charge in [0, 0.05) is 0 Å². The topological polar surface area (TPSA) is 26.0 Å². The highest BCUT2D eigenvalue weighted by atomic mass is 19.3. The van der Waals surface area contributed by atoms with Crippen molar-refractivity contribution in [1.82, 2.24) is 0 Å². The van der Waals surface area contributed by atoms with Crippen molar-refractivity contribution in [3.8, 4) is 0 Å². The lowest BCUT2D eigenvalue weighted by Gasteiger charge is -2.27. The van der Waals surface area contributed by atoms with E-state index in [-0.39, 0.29) is 0 Å². The Morgan fingerprint density at radius 1 is 1.50 bits per heavy atom. The first-order valence-electron chi connectivity index (χ1n) is 5.30. The third-order valence-corrected chi connectivity index (χ3v) is 3.30. The second-order valence-corrected chi connectivity index (χ2v) is 5.78. The molecule has 2 atom stereocenters. The Morgan fingerprint density at radius 3 is 2.43 bits per heavy atom. The predicted molar refractivity (Wildman–Crippen MR) is 54.3 cm³/mol. The summed E-state index contributed by atoms with van der Waals surface area (Å²) in [6.45, 7) is 5.86. The molecule has 0 heterocycles. The van der Waals surface area contributed by atoms with Gasteiger partial charge in [0.25, 0.3) is 6.43 Å². The molecule has 1 saturated carbocycles. The fraction of sp³-hybridized carbons (Fsp3) is 1.00. The van der Waals surface area contributed by atoms with E-state index in [1.165, 1.54) is 6.92 Å². The lowest BCUT2D eigenvalue weighted by Crippen LogP contribution is -2.45. The fourth-order valence-electron chi connectivity index (χ4n) is 2.47. The van der Waals surface area contributed by atoms with E-state index in [0.717, 1.165) is 19.3 Å². The minimum Gasteiger partial charge on any atom is -0.321 e. The maximum absolute atomic E-state index is 12.5. The number of halogens is 2. The summed E-state index contributed by atoms with van der Waals surface area (Å²) in [5.41, 5.74) is 4.60. The van der Waals surface area contributed by atoms with Crippen LogP contribution in [0, 0.1) is 11.3 Å². The van der Waals surface area contributed by atoms with Crippen LogP contribution in [0.1, 0.15) is 46.5 Å². The number of hydrogen-bond donors (Lipinski definition) is 1. The standard InChI is InChI=1S/C11H21F2N/c1-10(2)5-4-8(6-10)7-11(3,14)9(12)13/h8-9H,4-7,14H2,1-3H3. The van der Waals surface area contributed by atoms with E-state index in [9.17, 15) is 8.78 Å². The van der Waals surface area contributed by atoms with Gasteiger partial charge >= 0.3 is 0 Å². The summed E-state index contributed by atoms with van der Waals surface area (Å²) in [6, 6.07) is 0. The van der Waals surface area contributed by atoms with Crippen molar-refractivity contribution in [1.29, 1.82) is 0 Å². The lowest BCUT2D eigenvalue weighted by atomic mass is 9.85. The van der Waals surface area contributed by atoms with Crippen LogP contribution in [0.25, 0.3) is 0 Å². The molecule has 0 aromatic heterocycles. The highest BCUT2D eigenvalue weighted by Crippen LogP contribution is 2.44. The first kappa shape index (κ1) is 11.9. The SMILES string of the molecule is CC1(C)CCC(CC(C)(N)C(F)F)C1. The van der Waals surface area contributed by atoms with Crippen LogP contribution >= 0.6 is 0 Å². The van der Waals surface area contributed by atoms with Crippen molar-refractivity contribution in [2.24, 2.45) is 17.1 Å². The first-order chi connectivity index (χ1) is 6.23. The van der Waals surface area contributed by atoms with Crippen LogP contribution < -0.4 is 5.73 Å². The van der Waals surface area contributed by atoms with Crippen molar-refractivity contribution < 1.29 is 8.78 Å². The Labute approximate surface area is 85.1 Å². The Bertz CT molecular complexity index is 199. The van der Waals surface area contributed by atoms with E-state index in [1.807, 2.05) is 0 Å². The molecule has 2 unspecified atom stereocenters. The molecule has 0 radical (unpaired) electrons. The van der Waals surface area contributed by atoms with Gasteiger partial charge in [0.15, 0.2) is 0 Å². The lowest BCUT2D eigenvalue weighted by molar-refractivity contribution is 0.0486. The molecule has 0 bridgehead atoms. The second-order valence-electron chi connectivity index (χ2n) is 5.78. The fourth-order valence-corrected chi connectivity index (χ4v) is 2.47. The van der Waals surface area contributed by atoms with E-state index in [2.05, 4.69) is 13.8 Å². The Kier molecular flexibility index (Phi) is 3.20. The van der Waals surface area contributed by atoms with Crippen molar-refractivity contribution in [2.75, 3.05) is 0 Å². The normalized spacial score (nSPS) is 30.6. The van der Waals surface area contributed by atoms with Gasteiger partial charge in [-0.2, -0.15) is 0 Å². The molecular weight excluding hydrogens is 184 g/mol. The molecule has 0 saturated heterocycles. The van der Waals surface area contributed by atoms with Crippen LogP contribution in [0.15, 0.2) is 0 Å². The van der Waals surface area contributed by atoms with Gasteiger partial charge in [-0.3, -0.25) is 0 Å². The van der Waals surface area contributed by atoms with Gasteiger partial charge in [-0.25, -0.2) is 8.78 Å². The Balaban J connectivity index is 2.47. The summed E-state index contributed by atoms with van der Waals surface area (Å²) in [5.74, 6) is 0.383. The van der Waals surface area contributed by atoms with Gasteiger partial charge < -0.3 is 5.73 Å². The molecule has 84 valence electrons. The van der Waals surface area contributed by atoms with Crippen LogP contribution in [0.5, 0.6) is 0 Å². The molecule has 2 N–H and O–H groups in total. The molecule has 3 heteroatoms. The minimum atomic E-state index is -2.41. The number of nitrogens with two attached hydrogens (primary N) is 1. The van der Waals surface area contributed by atoms with E-state index < -0.39 is 12.0 Å². The van der Waals surface area contributed by atoms with Gasteiger partial charge in [0.1, 0.15) is 0 Å². The van der Waals surface area contributed by atoms with Crippen molar-refractivity contribution in [2.45, 2.75) is 58.4 Å². The highest BCUT2D eigenvalue weighted by Gasteiger charge is 2.38. The zero-order chi connectivity index (χ0) is 11.0. The monoisotopic (exact) mass is 205 g/mol. The minimum absolute atomic E-state index is 0.322. The summed E-state index contributed by atoms with van der Waals surface area (Å²) in [4.78, 5) is 0. The molecule has 1 aliphatic carbocycles. The maximum atomic E-state index is 12.5. The Morgan fingerprint density at radius 2 is 2.07 bits per heavy atom. The smallest absolute Gasteiger partial charge is 0.256 e. The van der Waals surface area contributed by atoms with E-state index in [0.29, 0.717) is 17.8 Å². The van der Waals surface area contributed by atoms with Crippen molar-refractivity contribution >= 4 is 0 Å². The molecule has 0 aliphatic heterocycles. The Hall–Kier alpha value is -0.180. The van der Waals surface area contributed by atoms with Crippen LogP contribution in [-0.2, 0) is 0 Å². The number of hydrogen-bond acceptors (Lipinski definition) is 1. The van der Waals surface area contributed by atoms with E-state index in [1.54, 1.807) is 0 Å². The van der Waals surface area contributed by atoms with Crippen LogP contribution in [0.2, 0.25) is 0 Å². The third-order valence-electron chi connectivity index (χ3n) is 3.30. The number of alkyl halides is 2. The second kappa shape index (κ2) is 3.76. The molecule has 1 nitrogen and oxygen atoms in total. The zero-order valence-electron chi connectivity index (χ0n) is 9.32. The molecule has 0 amide bonds. The third kappa shape index (κ3) is 2.91. The molecular formula is C11H21F2N. The van der Waals surface area contributed by atoms with Crippen LogP contribution in [0.3, 0.4) is 0 Å². The molecule has 1 fully saturated rings. The van der Waals surface area contributed by atoms with Crippen LogP contribution in [0.4, 0.5) is 8.78 Å². The van der Waals surface area contributed by atoms with Gasteiger partial charge in [0.2, 0.25) is 0 Å². The average molecular weight is 205 g/mol.